The fraction of sp³-hybridized carbons (Fsp3) is 0.167. The highest BCUT2D eigenvalue weighted by Crippen LogP contribution is 2.29. The minimum absolute atomic E-state index is 0.330. The van der Waals surface area contributed by atoms with Crippen LogP contribution < -0.4 is 0 Å². The van der Waals surface area contributed by atoms with E-state index in [1.54, 1.807) is 4.99 Å². The molecule has 0 aromatic carbocycles. The summed E-state index contributed by atoms with van der Waals surface area (Å²) in [6.45, 7) is 1.81. The third-order valence-corrected chi connectivity index (χ3v) is 2.51. The number of hydrogen-bond donors (Lipinski definition) is 0. The molecule has 0 aromatic rings. The van der Waals surface area contributed by atoms with Gasteiger partial charge < -0.3 is 4.74 Å². The molecule has 1 aliphatic heterocycles. The smallest absolute Gasteiger partial charge is 0.351 e. The van der Waals surface area contributed by atoms with Gasteiger partial charge in [-0.25, -0.2) is 4.79 Å². The van der Waals surface area contributed by atoms with E-state index in [-0.39, 0.29) is 5.97 Å². The number of hydrogen-bond acceptors (Lipinski definition) is 2. The Morgan fingerprint density at radius 2 is 2.20 bits per heavy atom. The molecule has 0 aliphatic carbocycles. The van der Waals surface area contributed by atoms with E-state index >= 15 is 0 Å². The molecule has 1 heterocycles. The van der Waals surface area contributed by atoms with E-state index in [0.29, 0.717) is 10.2 Å². The van der Waals surface area contributed by atoms with Gasteiger partial charge in [0.2, 0.25) is 0 Å². The summed E-state index contributed by atoms with van der Waals surface area (Å²) in [6.07, 6.45) is 0. The second kappa shape index (κ2) is 2.88. The van der Waals surface area contributed by atoms with E-state index in [0.717, 1.165) is 5.57 Å². The Morgan fingerprint density at radius 1 is 1.60 bits per heavy atom. The van der Waals surface area contributed by atoms with E-state index in [9.17, 15) is 4.79 Å². The number of carbonyl (C=O) groups excluding carboxylic acids is 1. The maximum absolute atomic E-state index is 10.8. The van der Waals surface area contributed by atoms with Gasteiger partial charge in [-0.1, -0.05) is 15.9 Å². The fourth-order valence-corrected chi connectivity index (χ4v) is 1.30. The van der Waals surface area contributed by atoms with E-state index < -0.39 is 0 Å². The predicted octanol–water partition coefficient (Wildman–Crippen LogP) is 2.45. The maximum Gasteiger partial charge on any atom is 0.351 e. The Kier molecular flexibility index (Phi) is 2.31. The van der Waals surface area contributed by atoms with Crippen LogP contribution in [0.15, 0.2) is 20.8 Å². The van der Waals surface area contributed by atoms with Crippen LogP contribution in [0, 0.1) is 0 Å². The molecule has 0 atom stereocenters. The summed E-state index contributed by atoms with van der Waals surface area (Å²) >= 11 is 6.17. The van der Waals surface area contributed by atoms with E-state index in [1.165, 1.54) is 0 Å². The highest BCUT2D eigenvalue weighted by molar-refractivity contribution is 9.12. The lowest BCUT2D eigenvalue weighted by molar-refractivity contribution is -0.132. The lowest BCUT2D eigenvalue weighted by atomic mass is 10.3. The molecule has 1 rings (SSSR count). The van der Waals surface area contributed by atoms with Gasteiger partial charge in [0.1, 0.15) is 10.2 Å². The molecule has 10 heavy (non-hydrogen) atoms. The minimum Gasteiger partial charge on any atom is -0.422 e. The van der Waals surface area contributed by atoms with Gasteiger partial charge in [0.05, 0.1) is 0 Å². The Hall–Kier alpha value is -0.0900. The zero-order valence-corrected chi connectivity index (χ0v) is 8.32. The van der Waals surface area contributed by atoms with Crippen LogP contribution in [0.3, 0.4) is 0 Å². The molecule has 0 bridgehead atoms. The molecule has 0 aromatic heterocycles. The van der Waals surface area contributed by atoms with Crippen molar-refractivity contribution in [1.29, 1.82) is 0 Å². The van der Waals surface area contributed by atoms with Gasteiger partial charge in [0.15, 0.2) is 0 Å². The lowest BCUT2D eigenvalue weighted by Crippen LogP contribution is -1.92. The average molecular weight is 268 g/mol. The van der Waals surface area contributed by atoms with Crippen LogP contribution in [0.25, 0.3) is 0 Å². The van der Waals surface area contributed by atoms with Crippen LogP contribution in [0.2, 0.25) is 0 Å². The van der Waals surface area contributed by atoms with E-state index in [2.05, 4.69) is 31.9 Å². The second-order valence-electron chi connectivity index (χ2n) is 1.80. The standard InChI is InChI=1S/C6H4Br2O2/c1-3-4(2-7)10-6(9)5(3)8/h2H,1H3. The summed E-state index contributed by atoms with van der Waals surface area (Å²) in [5, 5.41) is 0. The molecule has 0 saturated heterocycles. The zero-order valence-electron chi connectivity index (χ0n) is 5.15. The molecule has 0 radical (unpaired) electrons. The molecular formula is C6H4Br2O2. The van der Waals surface area contributed by atoms with E-state index in [4.69, 9.17) is 4.74 Å². The van der Waals surface area contributed by atoms with Crippen molar-refractivity contribution in [3.8, 4) is 0 Å². The zero-order chi connectivity index (χ0) is 7.72. The van der Waals surface area contributed by atoms with E-state index in [1.807, 2.05) is 6.92 Å². The van der Waals surface area contributed by atoms with Crippen LogP contribution in [-0.2, 0) is 9.53 Å². The van der Waals surface area contributed by atoms with Crippen molar-refractivity contribution in [2.24, 2.45) is 0 Å². The van der Waals surface area contributed by atoms with Crippen LogP contribution in [0.4, 0.5) is 0 Å². The second-order valence-corrected chi connectivity index (χ2v) is 3.05. The highest BCUT2D eigenvalue weighted by atomic mass is 79.9. The van der Waals surface area contributed by atoms with Gasteiger partial charge in [0.25, 0.3) is 0 Å². The topological polar surface area (TPSA) is 26.3 Å². The van der Waals surface area contributed by atoms with Gasteiger partial charge in [-0.15, -0.1) is 0 Å². The van der Waals surface area contributed by atoms with Gasteiger partial charge >= 0.3 is 5.97 Å². The normalized spacial score (nSPS) is 22.3. The van der Waals surface area contributed by atoms with Gasteiger partial charge in [0, 0.05) is 10.6 Å². The Morgan fingerprint density at radius 3 is 2.40 bits per heavy atom. The van der Waals surface area contributed by atoms with Gasteiger partial charge in [-0.2, -0.15) is 0 Å². The van der Waals surface area contributed by atoms with Crippen LogP contribution in [0.5, 0.6) is 0 Å². The number of ether oxygens (including phenoxy) is 1. The molecule has 0 saturated carbocycles. The third-order valence-electron chi connectivity index (χ3n) is 1.18. The van der Waals surface area contributed by atoms with Crippen LogP contribution in [0.1, 0.15) is 6.92 Å². The van der Waals surface area contributed by atoms with Crippen LogP contribution in [-0.4, -0.2) is 5.97 Å². The van der Waals surface area contributed by atoms with Crippen molar-refractivity contribution in [2.45, 2.75) is 6.92 Å². The summed E-state index contributed by atoms with van der Waals surface area (Å²) in [4.78, 5) is 12.3. The van der Waals surface area contributed by atoms with Crippen molar-refractivity contribution in [1.82, 2.24) is 0 Å². The Bertz CT molecular complexity index is 240. The average Bonchev–Trinajstić information content (AvgIpc) is 2.17. The van der Waals surface area contributed by atoms with Crippen molar-refractivity contribution in [2.75, 3.05) is 0 Å². The van der Waals surface area contributed by atoms with Gasteiger partial charge in [-0.05, 0) is 22.9 Å². The molecule has 54 valence electrons. The molecule has 0 spiro atoms. The SMILES string of the molecule is CC1=C(Br)C(=O)OC1=CBr. The highest BCUT2D eigenvalue weighted by Gasteiger charge is 2.23. The molecule has 0 amide bonds. The summed E-state index contributed by atoms with van der Waals surface area (Å²) in [7, 11) is 0. The number of halogens is 2. The van der Waals surface area contributed by atoms with Crippen molar-refractivity contribution in [3.05, 3.63) is 20.8 Å². The number of cyclic esters (lactones) is 1. The first-order valence-corrected chi connectivity index (χ1v) is 4.27. The fourth-order valence-electron chi connectivity index (χ4n) is 0.587. The van der Waals surface area contributed by atoms with Gasteiger partial charge in [-0.3, -0.25) is 0 Å². The summed E-state index contributed by atoms with van der Waals surface area (Å²) in [5.41, 5.74) is 0.821. The molecule has 4 heteroatoms. The molecular weight excluding hydrogens is 264 g/mol. The predicted molar refractivity (Wildman–Crippen MR) is 44.7 cm³/mol. The first kappa shape index (κ1) is 8.01. The third kappa shape index (κ3) is 1.18. The summed E-state index contributed by atoms with van der Waals surface area (Å²) < 4.78 is 5.29. The lowest BCUT2D eigenvalue weighted by Gasteiger charge is -1.92. The van der Waals surface area contributed by atoms with Crippen LogP contribution >= 0.6 is 31.9 Å². The number of esters is 1. The first-order valence-electron chi connectivity index (χ1n) is 2.56. The van der Waals surface area contributed by atoms with Crippen molar-refractivity contribution < 1.29 is 9.53 Å². The number of carbonyl (C=O) groups is 1. The molecule has 2 nitrogen and oxygen atoms in total. The number of rotatable bonds is 0. The minimum atomic E-state index is -0.330. The molecule has 1 aliphatic rings. The molecule has 0 unspecified atom stereocenters. The monoisotopic (exact) mass is 266 g/mol. The Balaban J connectivity index is 3.06. The summed E-state index contributed by atoms with van der Waals surface area (Å²) in [5.74, 6) is 0.236. The summed E-state index contributed by atoms with van der Waals surface area (Å²) in [6, 6.07) is 0. The first-order chi connectivity index (χ1) is 4.66. The number of allylic oxidation sites excluding steroid dienone is 1. The van der Waals surface area contributed by atoms with Crippen molar-refractivity contribution >= 4 is 37.8 Å². The largest absolute Gasteiger partial charge is 0.422 e. The maximum atomic E-state index is 10.8. The molecule has 0 fully saturated rings. The Labute approximate surface area is 75.2 Å². The quantitative estimate of drug-likeness (QED) is 0.631. The molecule has 0 N–H and O–H groups in total. The van der Waals surface area contributed by atoms with Crippen molar-refractivity contribution in [3.63, 3.8) is 0 Å².